The minimum Gasteiger partial charge on any atom is -0.299 e. The largest absolute Gasteiger partial charge is 0.299 e. The molecule has 200 valence electrons. The first kappa shape index (κ1) is 27.2. The molecule has 0 saturated heterocycles. The smallest absolute Gasteiger partial charge is 0.136 e. The third-order valence-corrected chi connectivity index (χ3v) is 13.0. The van der Waals surface area contributed by atoms with Gasteiger partial charge in [-0.05, 0) is 144 Å². The number of benzene rings is 1. The Morgan fingerprint density at radius 1 is 0.861 bits per heavy atom. The summed E-state index contributed by atoms with van der Waals surface area (Å²) in [6.07, 6.45) is 15.7. The fourth-order valence-electron chi connectivity index (χ4n) is 10.5. The van der Waals surface area contributed by atoms with Crippen LogP contribution in [-0.4, -0.2) is 5.78 Å². The summed E-state index contributed by atoms with van der Waals surface area (Å²) in [5, 5.41) is 0. The summed E-state index contributed by atoms with van der Waals surface area (Å²) in [6, 6.07) is 8.95. The van der Waals surface area contributed by atoms with Gasteiger partial charge >= 0.3 is 0 Å². The van der Waals surface area contributed by atoms with E-state index in [0.29, 0.717) is 22.5 Å². The molecule has 1 aromatic rings. The lowest BCUT2D eigenvalue weighted by Crippen LogP contribution is -2.56. The van der Waals surface area contributed by atoms with Crippen molar-refractivity contribution in [2.24, 2.45) is 58.2 Å². The van der Waals surface area contributed by atoms with Gasteiger partial charge in [0.2, 0.25) is 0 Å². The van der Waals surface area contributed by atoms with Gasteiger partial charge in [-0.2, -0.15) is 0 Å². The Bertz CT molecular complexity index is 920. The van der Waals surface area contributed by atoms with Crippen molar-refractivity contribution in [1.29, 1.82) is 0 Å². The van der Waals surface area contributed by atoms with Crippen molar-refractivity contribution in [3.63, 3.8) is 0 Å². The van der Waals surface area contributed by atoms with Gasteiger partial charge in [-0.15, -0.1) is 0 Å². The highest BCUT2D eigenvalue weighted by Gasteiger charge is 2.61. The van der Waals surface area contributed by atoms with Crippen LogP contribution in [0.1, 0.15) is 111 Å². The van der Waals surface area contributed by atoms with Gasteiger partial charge in [-0.25, -0.2) is 0 Å². The van der Waals surface area contributed by atoms with E-state index in [0.717, 1.165) is 54.8 Å². The van der Waals surface area contributed by atoms with Crippen molar-refractivity contribution >= 4 is 28.4 Å². The third-order valence-electron chi connectivity index (χ3n) is 12.3. The Balaban J connectivity index is 1.31. The van der Waals surface area contributed by atoms with E-state index in [-0.39, 0.29) is 5.92 Å². The molecule has 0 heterocycles. The van der Waals surface area contributed by atoms with E-state index in [2.05, 4.69) is 81.5 Å². The molecule has 36 heavy (non-hydrogen) atoms. The molecule has 0 aromatic heterocycles. The number of Topliss-reactive ketones (excluding diaryl/α,β-unsaturated/α-hetero) is 1. The molecule has 1 nitrogen and oxygen atoms in total. The minimum absolute atomic E-state index is 0.246. The predicted octanol–water partition coefficient (Wildman–Crippen LogP) is 9.75. The number of hydrogen-bond donors (Lipinski definition) is 0. The van der Waals surface area contributed by atoms with Crippen molar-refractivity contribution in [2.45, 2.75) is 112 Å². The summed E-state index contributed by atoms with van der Waals surface area (Å²) in [5.74, 6) is 6.74. The molecule has 4 saturated carbocycles. The van der Waals surface area contributed by atoms with Gasteiger partial charge in [-0.1, -0.05) is 66.0 Å². The fraction of sp³-hybridized carbons (Fsp3) is 0.794. The molecular weight excluding hydrogens is 551 g/mol. The minimum atomic E-state index is 0.246. The zero-order chi connectivity index (χ0) is 25.7. The van der Waals surface area contributed by atoms with Crippen LogP contribution in [0.5, 0.6) is 0 Å². The standard InChI is InChI=1S/C34H51IO/c1-22(2)7-6-8-23(3)28-15-16-29-26-13-14-30-27(21-24-9-11-25(35)12-10-24)32(36)18-20-34(30,5)31(26)17-19-33(28,29)4/h9-12,22-23,26-31H,6-8,13-21H2,1-5H3/t23-,26+,27?,28-,29+,30?,31+,33-,34+/m1/s1. The van der Waals surface area contributed by atoms with Crippen LogP contribution in [0.3, 0.4) is 0 Å². The van der Waals surface area contributed by atoms with Crippen LogP contribution < -0.4 is 0 Å². The summed E-state index contributed by atoms with van der Waals surface area (Å²) in [5.41, 5.74) is 2.29. The first-order chi connectivity index (χ1) is 17.1. The Morgan fingerprint density at radius 3 is 2.28 bits per heavy atom. The summed E-state index contributed by atoms with van der Waals surface area (Å²) in [7, 11) is 0. The predicted molar refractivity (Wildman–Crippen MR) is 160 cm³/mol. The van der Waals surface area contributed by atoms with Crippen LogP contribution in [0.15, 0.2) is 24.3 Å². The lowest BCUT2D eigenvalue weighted by molar-refractivity contribution is -0.152. The molecule has 0 spiro atoms. The van der Waals surface area contributed by atoms with E-state index >= 15 is 0 Å². The topological polar surface area (TPSA) is 17.1 Å². The normalized spacial score (nSPS) is 41.0. The van der Waals surface area contributed by atoms with Gasteiger partial charge in [0.25, 0.3) is 0 Å². The SMILES string of the molecule is CC(C)CCC[C@@H](C)[C@H]1CC[C@H]2[C@@H]3CCC4C(Cc5ccc(I)cc5)C(=O)CC[C@]4(C)[C@H]3CC[C@]12C. The third kappa shape index (κ3) is 4.88. The van der Waals surface area contributed by atoms with E-state index < -0.39 is 0 Å². The van der Waals surface area contributed by atoms with Crippen LogP contribution in [0, 0.1) is 61.7 Å². The van der Waals surface area contributed by atoms with Crippen LogP contribution >= 0.6 is 22.6 Å². The maximum Gasteiger partial charge on any atom is 0.136 e. The highest BCUT2D eigenvalue weighted by atomic mass is 127. The van der Waals surface area contributed by atoms with Crippen LogP contribution in [0.2, 0.25) is 0 Å². The molecule has 4 fully saturated rings. The maximum absolute atomic E-state index is 13.3. The molecule has 4 aliphatic rings. The van der Waals surface area contributed by atoms with E-state index in [1.165, 1.54) is 66.9 Å². The first-order valence-electron chi connectivity index (χ1n) is 15.4. The molecule has 2 heteroatoms. The molecular formula is C34H51IO. The summed E-state index contributed by atoms with van der Waals surface area (Å²) < 4.78 is 1.28. The van der Waals surface area contributed by atoms with Gasteiger partial charge in [0.15, 0.2) is 0 Å². The second kappa shape index (κ2) is 10.6. The average Bonchev–Trinajstić information content (AvgIpc) is 3.19. The first-order valence-corrected chi connectivity index (χ1v) is 16.5. The average molecular weight is 603 g/mol. The van der Waals surface area contributed by atoms with Crippen LogP contribution in [0.25, 0.3) is 0 Å². The molecule has 4 aliphatic carbocycles. The Kier molecular flexibility index (Phi) is 8.04. The molecule has 0 amide bonds. The number of halogens is 1. The Hall–Kier alpha value is -0.380. The van der Waals surface area contributed by atoms with Crippen molar-refractivity contribution in [3.05, 3.63) is 33.4 Å². The van der Waals surface area contributed by atoms with Crippen LogP contribution in [-0.2, 0) is 11.2 Å². The van der Waals surface area contributed by atoms with Gasteiger partial charge in [0.05, 0.1) is 0 Å². The number of ketones is 1. The summed E-state index contributed by atoms with van der Waals surface area (Å²) >= 11 is 2.38. The van der Waals surface area contributed by atoms with Gasteiger partial charge in [0.1, 0.15) is 5.78 Å². The van der Waals surface area contributed by atoms with E-state index in [1.54, 1.807) is 0 Å². The number of rotatable bonds is 7. The number of carbonyl (C=O) groups excluding carboxylic acids is 1. The molecule has 2 unspecified atom stereocenters. The molecule has 9 atom stereocenters. The Labute approximate surface area is 235 Å². The van der Waals surface area contributed by atoms with Crippen molar-refractivity contribution in [2.75, 3.05) is 0 Å². The number of fused-ring (bicyclic) bond motifs is 5. The number of carbonyl (C=O) groups is 1. The second-order valence-electron chi connectivity index (χ2n) is 14.5. The molecule has 5 rings (SSSR count). The molecule has 1 aromatic carbocycles. The quantitative estimate of drug-likeness (QED) is 0.284. The fourth-order valence-corrected chi connectivity index (χ4v) is 10.8. The molecule has 0 bridgehead atoms. The second-order valence-corrected chi connectivity index (χ2v) is 15.7. The van der Waals surface area contributed by atoms with Crippen LogP contribution in [0.4, 0.5) is 0 Å². The van der Waals surface area contributed by atoms with E-state index in [1.807, 2.05) is 0 Å². The van der Waals surface area contributed by atoms with E-state index in [4.69, 9.17) is 0 Å². The van der Waals surface area contributed by atoms with Gasteiger partial charge < -0.3 is 0 Å². The zero-order valence-corrected chi connectivity index (χ0v) is 25.9. The van der Waals surface area contributed by atoms with Gasteiger partial charge in [-0.3, -0.25) is 4.79 Å². The summed E-state index contributed by atoms with van der Waals surface area (Å²) in [6.45, 7) is 12.7. The van der Waals surface area contributed by atoms with E-state index in [9.17, 15) is 4.79 Å². The Morgan fingerprint density at radius 2 is 1.56 bits per heavy atom. The monoisotopic (exact) mass is 602 g/mol. The van der Waals surface area contributed by atoms with Crippen molar-refractivity contribution in [3.8, 4) is 0 Å². The zero-order valence-electron chi connectivity index (χ0n) is 23.7. The maximum atomic E-state index is 13.3. The molecule has 0 N–H and O–H groups in total. The highest BCUT2D eigenvalue weighted by Crippen LogP contribution is 2.68. The van der Waals surface area contributed by atoms with Crippen molar-refractivity contribution in [1.82, 2.24) is 0 Å². The van der Waals surface area contributed by atoms with Crippen molar-refractivity contribution < 1.29 is 4.79 Å². The lowest BCUT2D eigenvalue weighted by Gasteiger charge is -2.62. The highest BCUT2D eigenvalue weighted by molar-refractivity contribution is 14.1. The molecule has 0 aliphatic heterocycles. The molecule has 0 radical (unpaired) electrons. The summed E-state index contributed by atoms with van der Waals surface area (Å²) in [4.78, 5) is 13.3. The number of hydrogen-bond acceptors (Lipinski definition) is 1. The van der Waals surface area contributed by atoms with Gasteiger partial charge in [0, 0.05) is 15.9 Å². The lowest BCUT2D eigenvalue weighted by atomic mass is 9.43.